The van der Waals surface area contributed by atoms with Gasteiger partial charge in [-0.3, -0.25) is 13.6 Å². The van der Waals surface area contributed by atoms with Crippen molar-refractivity contribution in [2.45, 2.75) is 138 Å². The van der Waals surface area contributed by atoms with Crippen LogP contribution in [0, 0.1) is 69.8 Å². The van der Waals surface area contributed by atoms with E-state index in [9.17, 15) is 8.96 Å². The number of halogens is 2. The zero-order valence-electron chi connectivity index (χ0n) is 35.7. The Labute approximate surface area is 344 Å². The molecule has 318 valence electrons. The summed E-state index contributed by atoms with van der Waals surface area (Å²) in [6.45, 7) is 16.5. The molecule has 0 aliphatic heterocycles. The Bertz CT molecular complexity index is 1870. The van der Waals surface area contributed by atoms with Gasteiger partial charge in [-0.2, -0.15) is 10.2 Å². The summed E-state index contributed by atoms with van der Waals surface area (Å²) in [6, 6.07) is 3.18. The second-order valence-corrected chi connectivity index (χ2v) is 20.7. The lowest BCUT2D eigenvalue weighted by atomic mass is 9.44. The molecule has 4 aliphatic carbocycles. The van der Waals surface area contributed by atoms with Crippen LogP contribution in [0.1, 0.15) is 125 Å². The number of benzene rings is 1. The quantitative estimate of drug-likeness (QED) is 0.0922. The number of nitrogens with zero attached hydrogens (tertiary/aromatic N) is 6. The van der Waals surface area contributed by atoms with Crippen molar-refractivity contribution in [3.05, 3.63) is 78.8 Å². The van der Waals surface area contributed by atoms with Gasteiger partial charge in [-0.05, 0) is 123 Å². The molecule has 3 saturated carbocycles. The highest BCUT2D eigenvalue weighted by Gasteiger charge is 2.63. The fourth-order valence-corrected chi connectivity index (χ4v) is 13.6. The average molecular weight is 823 g/mol. The first-order chi connectivity index (χ1) is 27.6. The van der Waals surface area contributed by atoms with Gasteiger partial charge in [0, 0.05) is 11.6 Å². The Morgan fingerprint density at radius 2 is 1.69 bits per heavy atom. The molecule has 3 aromatic rings. The number of phosphoric ester groups is 1. The van der Waals surface area contributed by atoms with E-state index in [-0.39, 0.29) is 43.2 Å². The Balaban J connectivity index is 1.06. The summed E-state index contributed by atoms with van der Waals surface area (Å²) >= 11 is 0. The van der Waals surface area contributed by atoms with E-state index in [2.05, 4.69) is 74.2 Å². The summed E-state index contributed by atoms with van der Waals surface area (Å²) in [5, 5.41) is 8.44. The summed E-state index contributed by atoms with van der Waals surface area (Å²) in [7, 11) is -4.39. The predicted molar refractivity (Wildman–Crippen MR) is 219 cm³/mol. The van der Waals surface area contributed by atoms with Gasteiger partial charge < -0.3 is 0 Å². The van der Waals surface area contributed by atoms with Crippen molar-refractivity contribution in [2.75, 3.05) is 13.2 Å². The van der Waals surface area contributed by atoms with Gasteiger partial charge in [-0.25, -0.2) is 32.7 Å². The minimum Gasteiger partial charge on any atom is -0.287 e. The second-order valence-electron chi connectivity index (χ2n) is 19.1. The van der Waals surface area contributed by atoms with Gasteiger partial charge in [-0.15, -0.1) is 0 Å². The third-order valence-corrected chi connectivity index (χ3v) is 17.2. The minimum absolute atomic E-state index is 0.0126. The van der Waals surface area contributed by atoms with Gasteiger partial charge >= 0.3 is 7.82 Å². The summed E-state index contributed by atoms with van der Waals surface area (Å²) < 4.78 is 66.0. The van der Waals surface area contributed by atoms with Crippen molar-refractivity contribution >= 4 is 7.82 Å². The van der Waals surface area contributed by atoms with E-state index >= 15 is 4.39 Å². The second kappa shape index (κ2) is 17.3. The van der Waals surface area contributed by atoms with Crippen LogP contribution in [0.5, 0.6) is 0 Å². The molecule has 1 aromatic carbocycles. The van der Waals surface area contributed by atoms with Crippen molar-refractivity contribution in [1.29, 1.82) is 0 Å². The van der Waals surface area contributed by atoms with Crippen LogP contribution in [0.2, 0.25) is 0 Å². The molecule has 0 amide bonds. The average Bonchev–Trinajstić information content (AvgIpc) is 3.93. The molecule has 0 saturated heterocycles. The van der Waals surface area contributed by atoms with Gasteiger partial charge in [0.1, 0.15) is 42.5 Å². The number of phosphoric acid groups is 1. The lowest BCUT2D eigenvalue weighted by Gasteiger charge is -2.60. The highest BCUT2D eigenvalue weighted by Crippen LogP contribution is 2.71. The van der Waals surface area contributed by atoms with Crippen LogP contribution in [0.25, 0.3) is 0 Å². The monoisotopic (exact) mass is 822 g/mol. The highest BCUT2D eigenvalue weighted by atomic mass is 31.2. The molecule has 2 unspecified atom stereocenters. The Kier molecular flexibility index (Phi) is 12.9. The molecular formula is C45H65F2N6O4P. The fraction of sp³-hybridized carbons (Fsp3) is 0.711. The lowest BCUT2D eigenvalue weighted by molar-refractivity contribution is -0.0868. The number of rotatable bonds is 18. The van der Waals surface area contributed by atoms with Gasteiger partial charge in [0.15, 0.2) is 0 Å². The molecule has 0 N–H and O–H groups in total. The summed E-state index contributed by atoms with van der Waals surface area (Å²) in [4.78, 5) is 8.08. The predicted octanol–water partition coefficient (Wildman–Crippen LogP) is 11.1. The molecular weight excluding hydrogens is 758 g/mol. The summed E-state index contributed by atoms with van der Waals surface area (Å²) in [6.07, 6.45) is 24.7. The maximum absolute atomic E-state index is 15.8. The highest BCUT2D eigenvalue weighted by molar-refractivity contribution is 7.48. The van der Waals surface area contributed by atoms with Crippen molar-refractivity contribution in [2.24, 2.45) is 51.8 Å². The van der Waals surface area contributed by atoms with Gasteiger partial charge in [0.2, 0.25) is 0 Å². The molecule has 9 atom stereocenters. The maximum Gasteiger partial charge on any atom is 0.475 e. The molecule has 0 bridgehead atoms. The zero-order valence-corrected chi connectivity index (χ0v) is 36.6. The largest absolute Gasteiger partial charge is 0.475 e. The molecule has 3 fully saturated rings. The van der Waals surface area contributed by atoms with Crippen molar-refractivity contribution < 1.29 is 26.9 Å². The maximum atomic E-state index is 15.8. The lowest BCUT2D eigenvalue weighted by Crippen LogP contribution is -2.53. The number of fused-ring (bicyclic) bond motifs is 5. The smallest absolute Gasteiger partial charge is 0.287 e. The Morgan fingerprint density at radius 1 is 0.983 bits per heavy atom. The Hall–Kier alpha value is -2.79. The van der Waals surface area contributed by atoms with Crippen LogP contribution in [-0.2, 0) is 36.8 Å². The van der Waals surface area contributed by atoms with Crippen LogP contribution < -0.4 is 0 Å². The number of allylic oxidation sites excluding steroid dienone is 2. The van der Waals surface area contributed by atoms with Crippen LogP contribution in [0.15, 0.2) is 55.2 Å². The number of aromatic nitrogens is 6. The minimum atomic E-state index is -4.39. The van der Waals surface area contributed by atoms with Gasteiger partial charge in [-0.1, -0.05) is 78.5 Å². The van der Waals surface area contributed by atoms with Crippen LogP contribution in [0.4, 0.5) is 8.78 Å². The van der Waals surface area contributed by atoms with E-state index in [1.54, 1.807) is 6.92 Å². The number of hydrogen-bond acceptors (Lipinski definition) is 8. The van der Waals surface area contributed by atoms with E-state index < -0.39 is 25.1 Å². The van der Waals surface area contributed by atoms with Crippen LogP contribution >= 0.6 is 7.82 Å². The van der Waals surface area contributed by atoms with E-state index in [1.807, 2.05) is 0 Å². The number of hydrogen-bond donors (Lipinski definition) is 0. The summed E-state index contributed by atoms with van der Waals surface area (Å²) in [5.74, 6) is 2.03. The molecule has 4 aliphatic rings. The molecule has 0 spiro atoms. The molecule has 13 heteroatoms. The molecule has 10 nitrogen and oxygen atoms in total. The van der Waals surface area contributed by atoms with Crippen LogP contribution in [0.3, 0.4) is 0 Å². The normalized spacial score (nSPS) is 31.3. The SMILES string of the molecule is CCOP(=O)(OCCC1[C]CC2=CC[C@@H]3[C@H](CC[C@@]4(C)[C@H]3CC[C@]4(C)[C@H](C)CCCC(C)C)[C@@]2(C)C1)OC(Cn1cncn1)(Cn1cncn1)c1ccc(F)cc1F. The van der Waals surface area contributed by atoms with Crippen molar-refractivity contribution in [3.63, 3.8) is 0 Å². The van der Waals surface area contributed by atoms with E-state index in [4.69, 9.17) is 13.6 Å². The molecule has 2 heterocycles. The van der Waals surface area contributed by atoms with E-state index in [0.29, 0.717) is 29.1 Å². The fourth-order valence-electron chi connectivity index (χ4n) is 12.1. The van der Waals surface area contributed by atoms with Crippen molar-refractivity contribution in [3.8, 4) is 0 Å². The zero-order chi connectivity index (χ0) is 41.3. The molecule has 58 heavy (non-hydrogen) atoms. The van der Waals surface area contributed by atoms with Gasteiger partial charge in [0.25, 0.3) is 0 Å². The first kappa shape index (κ1) is 43.3. The standard InChI is InChI=1S/C45H65F2N6O4P/c1-8-55-58(54,57-45(26-52-30-48-28-50-52,27-53-31-49-29-51-53)40-17-15-36(46)24-41(40)47)56-23-20-34-12-13-35-14-16-37-38(42(35,5)25-34)18-22-44(7)39(37)19-21-43(44,6)33(4)11-9-10-32(2)3/h14-15,17,24,28-34,37-39H,8-11,13,16,18-23,25-27H2,1-7H3/t33-,34?,37-,38+,39+,42+,43-,44+,58?/m1/s1. The van der Waals surface area contributed by atoms with E-state index in [0.717, 1.165) is 42.7 Å². The Morgan fingerprint density at radius 3 is 2.33 bits per heavy atom. The van der Waals surface area contributed by atoms with Crippen molar-refractivity contribution in [1.82, 2.24) is 29.5 Å². The first-order valence-electron chi connectivity index (χ1n) is 21.8. The first-order valence-corrected chi connectivity index (χ1v) is 23.2. The van der Waals surface area contributed by atoms with Crippen LogP contribution in [-0.4, -0.2) is 42.7 Å². The van der Waals surface area contributed by atoms with Gasteiger partial charge in [0.05, 0.1) is 26.3 Å². The molecule has 7 rings (SSSR count). The molecule has 2 radical (unpaired) electrons. The third kappa shape index (κ3) is 8.42. The molecule has 2 aromatic heterocycles. The third-order valence-electron chi connectivity index (χ3n) is 15.5. The topological polar surface area (TPSA) is 106 Å². The summed E-state index contributed by atoms with van der Waals surface area (Å²) in [5.41, 5.74) is 0.500. The van der Waals surface area contributed by atoms with E-state index in [1.165, 1.54) is 97.7 Å².